The molecule has 2 rings (SSSR count). The van der Waals surface area contributed by atoms with E-state index in [9.17, 15) is 8.78 Å². The molecule has 1 aromatic carbocycles. The molecular weight excluding hydrogens is 477 g/mol. The van der Waals surface area contributed by atoms with Gasteiger partial charge in [-0.2, -0.15) is 8.78 Å². The molecule has 0 radical (unpaired) electrons. The fraction of sp³-hybridized carbons (Fsp3) is 0.588. The molecule has 0 spiro atoms. The van der Waals surface area contributed by atoms with Crippen LogP contribution < -0.4 is 15.4 Å². The molecule has 2 N–H and O–H groups in total. The van der Waals surface area contributed by atoms with E-state index in [4.69, 9.17) is 11.6 Å². The Bertz CT molecular complexity index is 592. The van der Waals surface area contributed by atoms with Crippen LogP contribution >= 0.6 is 35.6 Å². The topological polar surface area (TPSA) is 48.9 Å². The molecule has 0 amide bonds. The van der Waals surface area contributed by atoms with Gasteiger partial charge < -0.3 is 20.3 Å². The van der Waals surface area contributed by atoms with Crippen LogP contribution in [0, 0.1) is 5.92 Å². The number of hydrogen-bond acceptors (Lipinski definition) is 3. The molecule has 148 valence electrons. The normalized spacial score (nSPS) is 18.4. The van der Waals surface area contributed by atoms with Gasteiger partial charge in [0.15, 0.2) is 5.96 Å². The molecule has 1 unspecified atom stereocenters. The highest BCUT2D eigenvalue weighted by Crippen LogP contribution is 2.24. The maximum absolute atomic E-state index is 12.5. The van der Waals surface area contributed by atoms with Crippen LogP contribution in [-0.4, -0.2) is 51.2 Å². The van der Waals surface area contributed by atoms with Crippen molar-refractivity contribution in [1.82, 2.24) is 15.5 Å². The van der Waals surface area contributed by atoms with E-state index in [0.29, 0.717) is 22.5 Å². The Morgan fingerprint density at radius 3 is 2.85 bits per heavy atom. The average Bonchev–Trinajstić information content (AvgIpc) is 2.57. The second-order valence-corrected chi connectivity index (χ2v) is 6.64. The predicted octanol–water partition coefficient (Wildman–Crippen LogP) is 3.57. The Kier molecular flexibility index (Phi) is 10.5. The molecule has 1 atom stereocenters. The number of rotatable bonds is 6. The van der Waals surface area contributed by atoms with E-state index in [1.807, 2.05) is 0 Å². The minimum absolute atomic E-state index is 0. The number of likely N-dealkylation sites (tertiary alicyclic amines) is 1. The summed E-state index contributed by atoms with van der Waals surface area (Å²) < 4.78 is 29.6. The number of nitrogens with one attached hydrogen (secondary N) is 2. The van der Waals surface area contributed by atoms with Gasteiger partial charge >= 0.3 is 6.61 Å². The van der Waals surface area contributed by atoms with Gasteiger partial charge in [0.05, 0.1) is 0 Å². The van der Waals surface area contributed by atoms with Crippen LogP contribution in [0.1, 0.15) is 18.4 Å². The first-order valence-electron chi connectivity index (χ1n) is 8.34. The molecule has 1 saturated heterocycles. The maximum atomic E-state index is 12.5. The van der Waals surface area contributed by atoms with E-state index in [2.05, 4.69) is 32.3 Å². The third-order valence-corrected chi connectivity index (χ3v) is 4.42. The number of guanidine groups is 1. The largest absolute Gasteiger partial charge is 0.434 e. The number of nitrogens with zero attached hydrogens (tertiary/aromatic N) is 2. The van der Waals surface area contributed by atoms with Crippen molar-refractivity contribution >= 4 is 41.5 Å². The number of alkyl halides is 2. The molecule has 0 bridgehead atoms. The first-order chi connectivity index (χ1) is 12.0. The minimum Gasteiger partial charge on any atom is -0.434 e. The van der Waals surface area contributed by atoms with E-state index < -0.39 is 6.61 Å². The van der Waals surface area contributed by atoms with Gasteiger partial charge in [-0.25, -0.2) is 0 Å². The third-order valence-electron chi connectivity index (χ3n) is 4.19. The Balaban J connectivity index is 0.00000338. The van der Waals surface area contributed by atoms with E-state index in [-0.39, 0.29) is 36.3 Å². The van der Waals surface area contributed by atoms with Crippen molar-refractivity contribution in [2.45, 2.75) is 26.0 Å². The van der Waals surface area contributed by atoms with Gasteiger partial charge in [-0.15, -0.1) is 24.0 Å². The predicted molar refractivity (Wildman–Crippen MR) is 112 cm³/mol. The van der Waals surface area contributed by atoms with Crippen LogP contribution in [-0.2, 0) is 6.54 Å². The van der Waals surface area contributed by atoms with Gasteiger partial charge in [-0.1, -0.05) is 11.6 Å². The van der Waals surface area contributed by atoms with Gasteiger partial charge in [0.1, 0.15) is 5.75 Å². The quantitative estimate of drug-likeness (QED) is 0.355. The van der Waals surface area contributed by atoms with Crippen LogP contribution in [0.4, 0.5) is 8.78 Å². The fourth-order valence-corrected chi connectivity index (χ4v) is 3.17. The summed E-state index contributed by atoms with van der Waals surface area (Å²) in [6.45, 7) is 0.434. The van der Waals surface area contributed by atoms with Gasteiger partial charge in [-0.05, 0) is 50.6 Å². The number of benzene rings is 1. The summed E-state index contributed by atoms with van der Waals surface area (Å²) in [5, 5.41) is 6.88. The van der Waals surface area contributed by atoms with Crippen LogP contribution in [0.2, 0.25) is 5.02 Å². The summed E-state index contributed by atoms with van der Waals surface area (Å²) in [6, 6.07) is 4.57. The molecule has 9 heteroatoms. The zero-order valence-electron chi connectivity index (χ0n) is 15.0. The molecule has 0 saturated carbocycles. The van der Waals surface area contributed by atoms with Crippen molar-refractivity contribution in [1.29, 1.82) is 0 Å². The maximum Gasteiger partial charge on any atom is 0.387 e. The van der Waals surface area contributed by atoms with Crippen LogP contribution in [0.25, 0.3) is 0 Å². The summed E-state index contributed by atoms with van der Waals surface area (Å²) in [5.41, 5.74) is 0.549. The number of aliphatic imine (C=N–C) groups is 1. The van der Waals surface area contributed by atoms with Gasteiger partial charge in [0.2, 0.25) is 0 Å². The SMILES string of the molecule is CN=C(NCc1cc(Cl)ccc1OC(F)F)NCC1CCCN(C)C1.I. The molecular formula is C17H26ClF2IN4O. The van der Waals surface area contributed by atoms with E-state index in [1.165, 1.54) is 25.0 Å². The Labute approximate surface area is 175 Å². The summed E-state index contributed by atoms with van der Waals surface area (Å²) in [5.74, 6) is 1.30. The molecule has 1 aliphatic rings. The molecule has 1 aromatic rings. The summed E-state index contributed by atoms with van der Waals surface area (Å²) >= 11 is 5.96. The number of piperidine rings is 1. The van der Waals surface area contributed by atoms with Crippen molar-refractivity contribution in [3.05, 3.63) is 28.8 Å². The molecule has 5 nitrogen and oxygen atoms in total. The first kappa shape index (κ1) is 23.2. The standard InChI is InChI=1S/C17H25ClF2N4O.HI/c1-21-17(22-9-12-4-3-7-24(2)11-12)23-10-13-8-14(18)5-6-15(13)25-16(19)20;/h5-6,8,12,16H,3-4,7,9-11H2,1-2H3,(H2,21,22,23);1H. The van der Waals surface area contributed by atoms with E-state index in [1.54, 1.807) is 13.1 Å². The Morgan fingerprint density at radius 1 is 1.42 bits per heavy atom. The van der Waals surface area contributed by atoms with Crippen LogP contribution in [0.15, 0.2) is 23.2 Å². The third kappa shape index (κ3) is 7.79. The number of hydrogen-bond donors (Lipinski definition) is 2. The van der Waals surface area contributed by atoms with Gasteiger partial charge in [-0.3, -0.25) is 4.99 Å². The average molecular weight is 503 g/mol. The van der Waals surface area contributed by atoms with Crippen LogP contribution in [0.3, 0.4) is 0 Å². The van der Waals surface area contributed by atoms with Crippen molar-refractivity contribution in [3.8, 4) is 5.75 Å². The lowest BCUT2D eigenvalue weighted by atomic mass is 9.99. The van der Waals surface area contributed by atoms with Crippen molar-refractivity contribution in [2.24, 2.45) is 10.9 Å². The lowest BCUT2D eigenvalue weighted by Gasteiger charge is -2.30. The number of ether oxygens (including phenoxy) is 1. The Hall–Kier alpha value is -0.870. The van der Waals surface area contributed by atoms with E-state index >= 15 is 0 Å². The monoisotopic (exact) mass is 502 g/mol. The summed E-state index contributed by atoms with van der Waals surface area (Å²) in [7, 11) is 3.81. The van der Waals surface area contributed by atoms with Crippen molar-refractivity contribution < 1.29 is 13.5 Å². The van der Waals surface area contributed by atoms with Crippen molar-refractivity contribution in [3.63, 3.8) is 0 Å². The lowest BCUT2D eigenvalue weighted by Crippen LogP contribution is -2.43. The fourth-order valence-electron chi connectivity index (χ4n) is 2.98. The highest BCUT2D eigenvalue weighted by Gasteiger charge is 2.17. The second kappa shape index (κ2) is 11.8. The highest BCUT2D eigenvalue weighted by molar-refractivity contribution is 14.0. The zero-order chi connectivity index (χ0) is 18.2. The van der Waals surface area contributed by atoms with Gasteiger partial charge in [0, 0.05) is 37.3 Å². The van der Waals surface area contributed by atoms with E-state index in [0.717, 1.165) is 19.6 Å². The molecule has 1 heterocycles. The summed E-state index contributed by atoms with van der Waals surface area (Å²) in [6.07, 6.45) is 2.39. The molecule has 1 aliphatic heterocycles. The smallest absolute Gasteiger partial charge is 0.387 e. The zero-order valence-corrected chi connectivity index (χ0v) is 18.1. The molecule has 0 aliphatic carbocycles. The molecule has 1 fully saturated rings. The number of halogens is 4. The summed E-state index contributed by atoms with van der Waals surface area (Å²) in [4.78, 5) is 6.50. The van der Waals surface area contributed by atoms with Gasteiger partial charge in [0.25, 0.3) is 0 Å². The lowest BCUT2D eigenvalue weighted by molar-refractivity contribution is -0.0504. The van der Waals surface area contributed by atoms with Crippen molar-refractivity contribution in [2.75, 3.05) is 33.7 Å². The second-order valence-electron chi connectivity index (χ2n) is 6.21. The molecule has 26 heavy (non-hydrogen) atoms. The highest BCUT2D eigenvalue weighted by atomic mass is 127. The first-order valence-corrected chi connectivity index (χ1v) is 8.72. The minimum atomic E-state index is -2.87. The Morgan fingerprint density at radius 2 is 2.19 bits per heavy atom. The van der Waals surface area contributed by atoms with Crippen LogP contribution in [0.5, 0.6) is 5.75 Å². The molecule has 0 aromatic heterocycles.